The van der Waals surface area contributed by atoms with Gasteiger partial charge in [-0.05, 0) is 14.1 Å². The molecule has 1 aliphatic rings. The molecule has 7 nitrogen and oxygen atoms in total. The normalized spacial score (nSPS) is 20.7. The van der Waals surface area contributed by atoms with E-state index in [2.05, 4.69) is 28.8 Å². The van der Waals surface area contributed by atoms with Crippen LogP contribution >= 0.6 is 0 Å². The van der Waals surface area contributed by atoms with Crippen LogP contribution in [0.25, 0.3) is 0 Å². The maximum atomic E-state index is 12.4. The van der Waals surface area contributed by atoms with Crippen LogP contribution in [0.3, 0.4) is 0 Å². The molecule has 1 saturated heterocycles. The van der Waals surface area contributed by atoms with Crippen molar-refractivity contribution < 1.29 is 14.7 Å². The van der Waals surface area contributed by atoms with Gasteiger partial charge < -0.3 is 14.9 Å². The minimum Gasteiger partial charge on any atom is -0.480 e. The molecule has 0 bridgehead atoms. The van der Waals surface area contributed by atoms with Gasteiger partial charge in [0.1, 0.15) is 0 Å². The molecule has 149 valence electrons. The smallest absolute Gasteiger partial charge is 0.317 e. The van der Waals surface area contributed by atoms with Crippen molar-refractivity contribution in [1.29, 1.82) is 0 Å². The largest absolute Gasteiger partial charge is 0.480 e. The van der Waals surface area contributed by atoms with Gasteiger partial charge in [-0.2, -0.15) is 0 Å². The number of nitrogens with zero attached hydrogens (tertiary/aromatic N) is 4. The zero-order chi connectivity index (χ0) is 19.0. The van der Waals surface area contributed by atoms with Gasteiger partial charge in [0.15, 0.2) is 5.78 Å². The molecule has 0 aromatic rings. The third-order valence-corrected chi connectivity index (χ3v) is 4.75. The van der Waals surface area contributed by atoms with Crippen molar-refractivity contribution in [3.05, 3.63) is 0 Å². The van der Waals surface area contributed by atoms with E-state index in [1.54, 1.807) is 0 Å². The summed E-state index contributed by atoms with van der Waals surface area (Å²) in [6, 6.07) is 0. The number of carbonyl (C=O) groups is 2. The standard InChI is InChI=1S/C18H36N4O3.Ga/c1-18(2,3)16(23)14-21-10-8-19(4)6-7-20(5)9-11-22(13-12-21)15-17(24)25;/h6-15H2,1-5H3,(H,24,25);. The van der Waals surface area contributed by atoms with Crippen LogP contribution in [0.2, 0.25) is 0 Å². The first-order chi connectivity index (χ1) is 11.6. The molecule has 8 heteroatoms. The number of rotatable bonds is 4. The van der Waals surface area contributed by atoms with Gasteiger partial charge in [-0.15, -0.1) is 0 Å². The van der Waals surface area contributed by atoms with Gasteiger partial charge in [-0.1, -0.05) is 20.8 Å². The molecule has 0 amide bonds. The van der Waals surface area contributed by atoms with E-state index in [9.17, 15) is 9.59 Å². The molecule has 0 atom stereocenters. The number of ketones is 1. The number of Topliss-reactive ketones (excluding diaryl/α,β-unsaturated/α-hetero) is 1. The molecule has 1 rings (SSSR count). The number of carboxylic acids is 1. The summed E-state index contributed by atoms with van der Waals surface area (Å²) in [5.74, 6) is -0.571. The Bertz CT molecular complexity index is 443. The van der Waals surface area contributed by atoms with Crippen LogP contribution in [0.5, 0.6) is 0 Å². The second kappa shape index (κ2) is 12.1. The third kappa shape index (κ3) is 10.7. The zero-order valence-corrected chi connectivity index (χ0v) is 19.6. The van der Waals surface area contributed by atoms with Crippen LogP contribution in [-0.2, 0) is 9.59 Å². The number of aliphatic carboxylic acids is 1. The van der Waals surface area contributed by atoms with Gasteiger partial charge in [0, 0.05) is 77.6 Å². The van der Waals surface area contributed by atoms with Gasteiger partial charge in [0.2, 0.25) is 0 Å². The van der Waals surface area contributed by atoms with E-state index in [1.165, 1.54) is 0 Å². The van der Waals surface area contributed by atoms with Crippen molar-refractivity contribution in [1.82, 2.24) is 19.6 Å². The van der Waals surface area contributed by atoms with Crippen LogP contribution in [0.15, 0.2) is 0 Å². The maximum Gasteiger partial charge on any atom is 0.317 e. The first kappa shape index (κ1) is 25.6. The van der Waals surface area contributed by atoms with Crippen molar-refractivity contribution >= 4 is 31.5 Å². The molecule has 0 aromatic heterocycles. The quantitative estimate of drug-likeness (QED) is 0.624. The Morgan fingerprint density at radius 2 is 1.12 bits per heavy atom. The predicted octanol–water partition coefficient (Wildman–Crippen LogP) is -0.213. The predicted molar refractivity (Wildman–Crippen MR) is 106 cm³/mol. The van der Waals surface area contributed by atoms with E-state index in [1.807, 2.05) is 25.7 Å². The third-order valence-electron chi connectivity index (χ3n) is 4.75. The SMILES string of the molecule is CN1CCN(C)CCN(CC(=O)C(C)(C)C)CCN(CC(=O)O)CC1.[Ga]. The van der Waals surface area contributed by atoms with Crippen molar-refractivity contribution in [2.75, 3.05) is 79.5 Å². The summed E-state index contributed by atoms with van der Waals surface area (Å²) in [6.45, 7) is 12.9. The fourth-order valence-corrected chi connectivity index (χ4v) is 2.64. The van der Waals surface area contributed by atoms with Gasteiger partial charge in [0.05, 0.1) is 13.1 Å². The first-order valence-electron chi connectivity index (χ1n) is 9.15. The van der Waals surface area contributed by atoms with Crippen molar-refractivity contribution in [3.63, 3.8) is 0 Å². The van der Waals surface area contributed by atoms with E-state index in [4.69, 9.17) is 5.11 Å². The Hall–Kier alpha value is -0.384. The fourth-order valence-electron chi connectivity index (χ4n) is 2.64. The molecule has 0 saturated carbocycles. The first-order valence-corrected chi connectivity index (χ1v) is 9.15. The van der Waals surface area contributed by atoms with E-state index in [0.29, 0.717) is 19.6 Å². The topological polar surface area (TPSA) is 67.3 Å². The molecule has 1 N–H and O–H groups in total. The molecule has 1 heterocycles. The molecule has 0 aliphatic carbocycles. The average Bonchev–Trinajstić information content (AvgIpc) is 2.49. The zero-order valence-electron chi connectivity index (χ0n) is 17.2. The van der Waals surface area contributed by atoms with Crippen molar-refractivity contribution in [3.8, 4) is 0 Å². The Morgan fingerprint density at radius 3 is 1.50 bits per heavy atom. The summed E-state index contributed by atoms with van der Waals surface area (Å²) in [7, 11) is 4.19. The molecule has 0 aromatic carbocycles. The Labute approximate surface area is 171 Å². The molecule has 1 fully saturated rings. The molecule has 3 radical (unpaired) electrons. The van der Waals surface area contributed by atoms with Gasteiger partial charge in [0.25, 0.3) is 0 Å². The van der Waals surface area contributed by atoms with E-state index >= 15 is 0 Å². The summed E-state index contributed by atoms with van der Waals surface area (Å²) in [5.41, 5.74) is -0.348. The number of likely N-dealkylation sites (N-methyl/N-ethyl adjacent to an activating group) is 2. The Balaban J connectivity index is 0.00000625. The van der Waals surface area contributed by atoms with Crippen LogP contribution in [0.4, 0.5) is 0 Å². The van der Waals surface area contributed by atoms with Crippen molar-refractivity contribution in [2.24, 2.45) is 5.41 Å². The molecule has 26 heavy (non-hydrogen) atoms. The van der Waals surface area contributed by atoms with Crippen molar-refractivity contribution in [2.45, 2.75) is 20.8 Å². The minimum absolute atomic E-state index is 0. The molecular weight excluding hydrogens is 390 g/mol. The van der Waals surface area contributed by atoms with Gasteiger partial charge in [-0.25, -0.2) is 0 Å². The molecule has 0 unspecified atom stereocenters. The summed E-state index contributed by atoms with van der Waals surface area (Å²) < 4.78 is 0. The maximum absolute atomic E-state index is 12.4. The minimum atomic E-state index is -0.799. The monoisotopic (exact) mass is 425 g/mol. The van der Waals surface area contributed by atoms with Gasteiger partial charge in [-0.3, -0.25) is 19.4 Å². The van der Waals surface area contributed by atoms with Gasteiger partial charge >= 0.3 is 5.97 Å². The summed E-state index contributed by atoms with van der Waals surface area (Å²) in [4.78, 5) is 32.2. The molecule has 0 spiro atoms. The van der Waals surface area contributed by atoms with E-state index in [0.717, 1.165) is 39.3 Å². The summed E-state index contributed by atoms with van der Waals surface area (Å²) >= 11 is 0. The molecular formula is C18H36GaN4O3. The van der Waals surface area contributed by atoms with Crippen LogP contribution in [0.1, 0.15) is 20.8 Å². The van der Waals surface area contributed by atoms with Crippen LogP contribution in [-0.4, -0.2) is 136 Å². The number of carboxylic acid groups (broad SMARTS) is 1. The molecule has 1 aliphatic heterocycles. The van der Waals surface area contributed by atoms with Crippen LogP contribution < -0.4 is 0 Å². The second-order valence-corrected chi connectivity index (χ2v) is 8.23. The van der Waals surface area contributed by atoms with E-state index in [-0.39, 0.29) is 37.5 Å². The number of hydrogen-bond acceptors (Lipinski definition) is 6. The van der Waals surface area contributed by atoms with E-state index < -0.39 is 5.97 Å². The number of carbonyl (C=O) groups excluding carboxylic acids is 1. The second-order valence-electron chi connectivity index (χ2n) is 8.23. The number of hydrogen-bond donors (Lipinski definition) is 1. The summed E-state index contributed by atoms with van der Waals surface area (Å²) in [6.07, 6.45) is 0. The van der Waals surface area contributed by atoms with Crippen LogP contribution in [0, 0.1) is 5.41 Å². The Kier molecular flexibility index (Phi) is 12.0. The fraction of sp³-hybridized carbons (Fsp3) is 0.889. The average molecular weight is 426 g/mol. The summed E-state index contributed by atoms with van der Waals surface area (Å²) in [5, 5.41) is 9.14. The Morgan fingerprint density at radius 1 is 0.769 bits per heavy atom.